The molecule has 0 saturated carbocycles. The Balaban J connectivity index is 2.96. The number of pyridine rings is 1. The second-order valence-corrected chi connectivity index (χ2v) is 4.71. The van der Waals surface area contributed by atoms with E-state index < -0.39 is 3.55 Å². The molecule has 12 heavy (non-hydrogen) atoms. The number of halogens is 1. The van der Waals surface area contributed by atoms with Gasteiger partial charge in [0.25, 0.3) is 0 Å². The fourth-order valence-electron chi connectivity index (χ4n) is 0.818. The monoisotopic (exact) mass is 277 g/mol. The minimum absolute atomic E-state index is 0.392. The molecule has 66 valence electrons. The van der Waals surface area contributed by atoms with Crippen molar-refractivity contribution in [3.8, 4) is 0 Å². The number of nitrogens with two attached hydrogens (primary N) is 2. The molecule has 0 aliphatic carbocycles. The lowest BCUT2D eigenvalue weighted by atomic mass is 10.2. The van der Waals surface area contributed by atoms with Crippen LogP contribution in [0.4, 0.5) is 0 Å². The summed E-state index contributed by atoms with van der Waals surface area (Å²) in [5, 5.41) is 0. The molecule has 0 spiro atoms. The van der Waals surface area contributed by atoms with Crippen LogP contribution in [-0.4, -0.2) is 11.5 Å². The van der Waals surface area contributed by atoms with Gasteiger partial charge in [-0.1, -0.05) is 28.7 Å². The molecule has 1 heterocycles. The fourth-order valence-corrected chi connectivity index (χ4v) is 1.14. The van der Waals surface area contributed by atoms with Crippen LogP contribution in [-0.2, 0) is 3.55 Å². The van der Waals surface area contributed by atoms with Crippen LogP contribution in [0.2, 0.25) is 0 Å². The predicted octanol–water partition coefficient (Wildman–Crippen LogP) is 0.895. The Hall–Kier alpha value is -0.200. The second-order valence-electron chi connectivity index (χ2n) is 2.79. The van der Waals surface area contributed by atoms with E-state index in [1.165, 1.54) is 0 Å². The van der Waals surface area contributed by atoms with Gasteiger partial charge < -0.3 is 11.5 Å². The van der Waals surface area contributed by atoms with Crippen molar-refractivity contribution in [1.29, 1.82) is 0 Å². The highest BCUT2D eigenvalue weighted by atomic mass is 127. The minimum Gasteiger partial charge on any atom is -0.328 e. The summed E-state index contributed by atoms with van der Waals surface area (Å²) in [6.07, 6.45) is 1.80. The third kappa shape index (κ3) is 2.15. The number of hydrogen-bond acceptors (Lipinski definition) is 3. The molecule has 0 aromatic carbocycles. The lowest BCUT2D eigenvalue weighted by molar-refractivity contribution is 0.678. The molecule has 4 N–H and O–H groups in total. The first kappa shape index (κ1) is 9.88. The zero-order valence-corrected chi connectivity index (χ0v) is 9.08. The molecule has 1 aromatic heterocycles. The molecule has 4 heteroatoms. The van der Waals surface area contributed by atoms with Gasteiger partial charge in [0.2, 0.25) is 0 Å². The van der Waals surface area contributed by atoms with Crippen LogP contribution < -0.4 is 11.5 Å². The lowest BCUT2D eigenvalue weighted by Crippen LogP contribution is -2.38. The fraction of sp³-hybridized carbons (Fsp3) is 0.375. The van der Waals surface area contributed by atoms with Crippen LogP contribution in [0.25, 0.3) is 0 Å². The number of alkyl halides is 1. The van der Waals surface area contributed by atoms with Crippen LogP contribution >= 0.6 is 22.6 Å². The van der Waals surface area contributed by atoms with Gasteiger partial charge in [-0.25, -0.2) is 0 Å². The molecular formula is C8H12IN3. The van der Waals surface area contributed by atoms with Crippen LogP contribution in [0.1, 0.15) is 11.3 Å². The highest BCUT2D eigenvalue weighted by Crippen LogP contribution is 2.22. The summed E-state index contributed by atoms with van der Waals surface area (Å²) in [6.45, 7) is 2.38. The van der Waals surface area contributed by atoms with Gasteiger partial charge in [-0.2, -0.15) is 0 Å². The lowest BCUT2D eigenvalue weighted by Gasteiger charge is -2.19. The molecule has 0 aliphatic heterocycles. The summed E-state index contributed by atoms with van der Waals surface area (Å²) in [5.74, 6) is 0. The molecular weight excluding hydrogens is 265 g/mol. The van der Waals surface area contributed by atoms with Crippen molar-refractivity contribution >= 4 is 22.6 Å². The topological polar surface area (TPSA) is 64.9 Å². The maximum Gasteiger partial charge on any atom is 0.123 e. The maximum absolute atomic E-state index is 5.89. The molecule has 0 saturated heterocycles. The second kappa shape index (κ2) is 3.68. The molecule has 1 rings (SSSR count). The largest absolute Gasteiger partial charge is 0.328 e. The quantitative estimate of drug-likeness (QED) is 0.479. The predicted molar refractivity (Wildman–Crippen MR) is 57.9 cm³/mol. The Morgan fingerprint density at radius 2 is 2.25 bits per heavy atom. The normalized spacial score (nSPS) is 15.7. The summed E-state index contributed by atoms with van der Waals surface area (Å²) in [6, 6.07) is 3.90. The zero-order valence-electron chi connectivity index (χ0n) is 6.92. The third-order valence-electron chi connectivity index (χ3n) is 1.63. The van der Waals surface area contributed by atoms with Crippen LogP contribution in [0, 0.1) is 6.92 Å². The average molecular weight is 277 g/mol. The van der Waals surface area contributed by atoms with Gasteiger partial charge in [0.05, 0.1) is 5.69 Å². The van der Waals surface area contributed by atoms with Gasteiger partial charge >= 0.3 is 0 Å². The molecule has 0 bridgehead atoms. The minimum atomic E-state index is -0.536. The molecule has 1 unspecified atom stereocenters. The smallest absolute Gasteiger partial charge is 0.123 e. The Labute approximate surface area is 85.7 Å². The van der Waals surface area contributed by atoms with E-state index in [4.69, 9.17) is 11.5 Å². The first-order valence-electron chi connectivity index (χ1n) is 3.67. The van der Waals surface area contributed by atoms with Gasteiger partial charge in [-0.15, -0.1) is 0 Å². The summed E-state index contributed by atoms with van der Waals surface area (Å²) >= 11 is 2.11. The number of aromatic nitrogens is 1. The first-order valence-corrected chi connectivity index (χ1v) is 4.75. The van der Waals surface area contributed by atoms with Gasteiger partial charge in [0, 0.05) is 12.7 Å². The number of hydrogen-bond donors (Lipinski definition) is 2. The van der Waals surface area contributed by atoms with Crippen molar-refractivity contribution in [2.24, 2.45) is 11.5 Å². The van der Waals surface area contributed by atoms with E-state index in [2.05, 4.69) is 27.6 Å². The van der Waals surface area contributed by atoms with Crippen LogP contribution in [0.3, 0.4) is 0 Å². The highest BCUT2D eigenvalue weighted by molar-refractivity contribution is 14.1. The maximum atomic E-state index is 5.89. The van der Waals surface area contributed by atoms with E-state index in [9.17, 15) is 0 Å². The Bertz CT molecular complexity index is 256. The summed E-state index contributed by atoms with van der Waals surface area (Å²) in [7, 11) is 0. The summed E-state index contributed by atoms with van der Waals surface area (Å²) in [4.78, 5) is 4.21. The highest BCUT2D eigenvalue weighted by Gasteiger charge is 2.22. The number of nitrogens with zero attached hydrogens (tertiary/aromatic N) is 1. The van der Waals surface area contributed by atoms with Crippen molar-refractivity contribution in [1.82, 2.24) is 4.98 Å². The third-order valence-corrected chi connectivity index (χ3v) is 2.63. The summed E-state index contributed by atoms with van der Waals surface area (Å²) in [5.41, 5.74) is 13.3. The molecule has 1 aromatic rings. The van der Waals surface area contributed by atoms with E-state index in [1.807, 2.05) is 19.1 Å². The van der Waals surface area contributed by atoms with Gasteiger partial charge in [0.1, 0.15) is 3.55 Å². The molecule has 0 fully saturated rings. The molecule has 3 nitrogen and oxygen atoms in total. The summed E-state index contributed by atoms with van der Waals surface area (Å²) < 4.78 is -0.536. The molecule has 0 radical (unpaired) electrons. The zero-order chi connectivity index (χ0) is 9.19. The van der Waals surface area contributed by atoms with E-state index >= 15 is 0 Å². The Morgan fingerprint density at radius 1 is 1.58 bits per heavy atom. The van der Waals surface area contributed by atoms with Gasteiger partial charge in [-0.05, 0) is 18.6 Å². The van der Waals surface area contributed by atoms with Gasteiger partial charge in [-0.3, -0.25) is 4.98 Å². The van der Waals surface area contributed by atoms with E-state index in [1.54, 1.807) is 6.20 Å². The molecule has 0 amide bonds. The van der Waals surface area contributed by atoms with Crippen molar-refractivity contribution in [2.45, 2.75) is 10.5 Å². The molecule has 1 atom stereocenters. The van der Waals surface area contributed by atoms with Crippen LogP contribution in [0.15, 0.2) is 18.3 Å². The molecule has 0 aliphatic rings. The van der Waals surface area contributed by atoms with Crippen LogP contribution in [0.5, 0.6) is 0 Å². The van der Waals surface area contributed by atoms with E-state index in [0.717, 1.165) is 11.3 Å². The van der Waals surface area contributed by atoms with Crippen molar-refractivity contribution in [2.75, 3.05) is 6.54 Å². The number of rotatable bonds is 2. The number of aryl methyl sites for hydroxylation is 1. The SMILES string of the molecule is Cc1ccc(C(N)(I)CN)nc1. The van der Waals surface area contributed by atoms with Crippen molar-refractivity contribution in [3.63, 3.8) is 0 Å². The Morgan fingerprint density at radius 3 is 2.67 bits per heavy atom. The van der Waals surface area contributed by atoms with Crippen molar-refractivity contribution in [3.05, 3.63) is 29.6 Å². The van der Waals surface area contributed by atoms with E-state index in [0.29, 0.717) is 6.54 Å². The Kier molecular flexibility index (Phi) is 3.03. The van der Waals surface area contributed by atoms with E-state index in [-0.39, 0.29) is 0 Å². The average Bonchev–Trinajstić information content (AvgIpc) is 2.05. The standard InChI is InChI=1S/C8H12IN3/c1-6-2-3-7(12-4-6)8(9,11)5-10/h2-4H,5,10-11H2,1H3. The first-order chi connectivity index (χ1) is 5.56. The van der Waals surface area contributed by atoms with Gasteiger partial charge in [0.15, 0.2) is 0 Å². The van der Waals surface area contributed by atoms with Crippen molar-refractivity contribution < 1.29 is 0 Å².